The first-order chi connectivity index (χ1) is 14.5. The third-order valence-electron chi connectivity index (χ3n) is 6.55. The maximum Gasteiger partial charge on any atom is 0.281 e. The molecule has 0 radical (unpaired) electrons. The molecular formula is C22H31N3O4S. The molecule has 0 saturated carbocycles. The Morgan fingerprint density at radius 3 is 2.43 bits per heavy atom. The second kappa shape index (κ2) is 9.08. The highest BCUT2D eigenvalue weighted by molar-refractivity contribution is 7.86. The first kappa shape index (κ1) is 21.3. The largest absolute Gasteiger partial charge is 0.483 e. The summed E-state index contributed by atoms with van der Waals surface area (Å²) in [5.41, 5.74) is 0.935. The number of carbonyl (C=O) groups excluding carboxylic acids is 1. The lowest BCUT2D eigenvalue weighted by molar-refractivity contribution is -0.123. The van der Waals surface area contributed by atoms with Gasteiger partial charge in [0, 0.05) is 32.7 Å². The van der Waals surface area contributed by atoms with Crippen molar-refractivity contribution in [2.45, 2.75) is 38.5 Å². The molecule has 0 aliphatic carbocycles. The van der Waals surface area contributed by atoms with Crippen LogP contribution in [0.15, 0.2) is 36.4 Å². The van der Waals surface area contributed by atoms with E-state index < -0.39 is 10.2 Å². The van der Waals surface area contributed by atoms with Gasteiger partial charge in [-0.3, -0.25) is 4.79 Å². The summed E-state index contributed by atoms with van der Waals surface area (Å²) in [7, 11) is -3.36. The molecule has 1 spiro atoms. The average Bonchev–Trinajstić information content (AvgIpc) is 3.30. The lowest BCUT2D eigenvalue weighted by Gasteiger charge is -2.42. The van der Waals surface area contributed by atoms with Gasteiger partial charge >= 0.3 is 0 Å². The summed E-state index contributed by atoms with van der Waals surface area (Å²) >= 11 is 0. The minimum atomic E-state index is -3.36. The summed E-state index contributed by atoms with van der Waals surface area (Å²) in [6.07, 6.45) is 9.27. The molecule has 3 aliphatic rings. The van der Waals surface area contributed by atoms with E-state index in [1.54, 1.807) is 8.61 Å². The topological polar surface area (TPSA) is 79.0 Å². The van der Waals surface area contributed by atoms with E-state index in [-0.39, 0.29) is 17.9 Å². The highest BCUT2D eigenvalue weighted by atomic mass is 32.2. The Labute approximate surface area is 179 Å². The average molecular weight is 434 g/mol. The van der Waals surface area contributed by atoms with Crippen molar-refractivity contribution in [2.24, 2.45) is 5.41 Å². The molecule has 3 aliphatic heterocycles. The number of allylic oxidation sites excluding steroid dienone is 2. The van der Waals surface area contributed by atoms with Crippen LogP contribution in [0, 0.1) is 5.41 Å². The maximum absolute atomic E-state index is 12.9. The summed E-state index contributed by atoms with van der Waals surface area (Å²) in [6.45, 7) is 2.79. The second-order valence-electron chi connectivity index (χ2n) is 8.57. The van der Waals surface area contributed by atoms with E-state index in [1.807, 2.05) is 24.3 Å². The van der Waals surface area contributed by atoms with Gasteiger partial charge in [-0.25, -0.2) is 0 Å². The van der Waals surface area contributed by atoms with Gasteiger partial charge in [0.25, 0.3) is 16.1 Å². The van der Waals surface area contributed by atoms with Crippen LogP contribution in [0.25, 0.3) is 0 Å². The molecule has 4 rings (SSSR count). The zero-order valence-electron chi connectivity index (χ0n) is 17.4. The third kappa shape index (κ3) is 4.71. The van der Waals surface area contributed by atoms with Crippen molar-refractivity contribution in [3.05, 3.63) is 42.0 Å². The van der Waals surface area contributed by atoms with E-state index in [1.165, 1.54) is 0 Å². The fourth-order valence-electron chi connectivity index (χ4n) is 4.56. The van der Waals surface area contributed by atoms with E-state index in [2.05, 4.69) is 17.5 Å². The molecule has 0 bridgehead atoms. The first-order valence-corrected chi connectivity index (χ1v) is 12.3. The molecule has 2 saturated heterocycles. The molecule has 1 amide bonds. The number of carbonyl (C=O) groups is 1. The van der Waals surface area contributed by atoms with Gasteiger partial charge in [0.2, 0.25) is 0 Å². The number of fused-ring (bicyclic) bond motifs is 1. The lowest BCUT2D eigenvalue weighted by atomic mass is 9.76. The number of ether oxygens (including phenoxy) is 1. The van der Waals surface area contributed by atoms with Crippen LogP contribution in [0.3, 0.4) is 0 Å². The number of piperidine rings is 1. The predicted molar refractivity (Wildman–Crippen MR) is 115 cm³/mol. The van der Waals surface area contributed by atoms with E-state index >= 15 is 0 Å². The number of nitrogens with zero attached hydrogens (tertiary/aromatic N) is 2. The smallest absolute Gasteiger partial charge is 0.281 e. The highest BCUT2D eigenvalue weighted by Gasteiger charge is 2.40. The van der Waals surface area contributed by atoms with Crippen LogP contribution in [0.1, 0.15) is 37.7 Å². The van der Waals surface area contributed by atoms with E-state index in [9.17, 15) is 13.2 Å². The molecule has 0 unspecified atom stereocenters. The van der Waals surface area contributed by atoms with Crippen LogP contribution in [0.5, 0.6) is 5.75 Å². The zero-order chi connectivity index (χ0) is 21.0. The standard InChI is InChI=1S/C22H31N3O4S/c26-21-17-29-20-9-2-1-7-19(20)8-3-4-10-22(18-23-21)11-15-25(16-12-22)30(27,28)24-13-5-6-14-24/h1-4,7,9H,5-6,8,10-18H2,(H,23,26)/b4-3+. The van der Waals surface area contributed by atoms with Gasteiger partial charge in [0.15, 0.2) is 6.61 Å². The molecule has 7 nitrogen and oxygen atoms in total. The molecule has 8 heteroatoms. The van der Waals surface area contributed by atoms with Crippen LogP contribution < -0.4 is 10.1 Å². The van der Waals surface area contributed by atoms with Crippen LogP contribution >= 0.6 is 0 Å². The van der Waals surface area contributed by atoms with E-state index in [0.29, 0.717) is 32.7 Å². The van der Waals surface area contributed by atoms with Crippen molar-refractivity contribution in [3.8, 4) is 5.75 Å². The minimum Gasteiger partial charge on any atom is -0.483 e. The number of amides is 1. The second-order valence-corrected chi connectivity index (χ2v) is 10.5. The number of rotatable bonds is 2. The summed E-state index contributed by atoms with van der Waals surface area (Å²) < 4.78 is 34.7. The molecule has 2 fully saturated rings. The Hall–Kier alpha value is -1.90. The number of benzene rings is 1. The molecule has 30 heavy (non-hydrogen) atoms. The maximum atomic E-state index is 12.9. The predicted octanol–water partition coefficient (Wildman–Crippen LogP) is 2.11. The van der Waals surface area contributed by atoms with E-state index in [0.717, 1.165) is 49.8 Å². The van der Waals surface area contributed by atoms with Crippen LogP contribution in [-0.2, 0) is 21.4 Å². The Bertz CT molecular complexity index is 885. The minimum absolute atomic E-state index is 0.00767. The van der Waals surface area contributed by atoms with Gasteiger partial charge in [0.05, 0.1) is 0 Å². The molecule has 164 valence electrons. The summed E-state index contributed by atoms with van der Waals surface area (Å²) in [5, 5.41) is 3.02. The van der Waals surface area contributed by atoms with Crippen molar-refractivity contribution >= 4 is 16.1 Å². The van der Waals surface area contributed by atoms with E-state index in [4.69, 9.17) is 4.74 Å². The Morgan fingerprint density at radius 1 is 0.967 bits per heavy atom. The van der Waals surface area contributed by atoms with Gasteiger partial charge in [-0.15, -0.1) is 0 Å². The lowest BCUT2D eigenvalue weighted by Crippen LogP contribution is -2.51. The van der Waals surface area contributed by atoms with Gasteiger partial charge in [-0.05, 0) is 55.6 Å². The van der Waals surface area contributed by atoms with Crippen molar-refractivity contribution < 1.29 is 17.9 Å². The molecule has 1 aromatic rings. The van der Waals surface area contributed by atoms with Gasteiger partial charge in [-0.2, -0.15) is 17.0 Å². The van der Waals surface area contributed by atoms with Gasteiger partial charge in [-0.1, -0.05) is 30.4 Å². The zero-order valence-corrected chi connectivity index (χ0v) is 18.2. The number of hydrogen-bond acceptors (Lipinski definition) is 4. The molecule has 1 aromatic carbocycles. The first-order valence-electron chi connectivity index (χ1n) is 10.9. The molecular weight excluding hydrogens is 402 g/mol. The van der Waals surface area contributed by atoms with Crippen molar-refractivity contribution in [1.29, 1.82) is 0 Å². The summed E-state index contributed by atoms with van der Waals surface area (Å²) in [5.74, 6) is 0.605. The number of nitrogens with one attached hydrogen (secondary N) is 1. The van der Waals surface area contributed by atoms with Crippen LogP contribution in [0.2, 0.25) is 0 Å². The Balaban J connectivity index is 1.45. The highest BCUT2D eigenvalue weighted by Crippen LogP contribution is 2.37. The molecule has 0 aromatic heterocycles. The van der Waals surface area contributed by atoms with Crippen LogP contribution in [0.4, 0.5) is 0 Å². The number of para-hydroxylation sites is 1. The Kier molecular flexibility index (Phi) is 6.46. The van der Waals surface area contributed by atoms with Crippen molar-refractivity contribution in [2.75, 3.05) is 39.3 Å². The molecule has 1 N–H and O–H groups in total. The fourth-order valence-corrected chi connectivity index (χ4v) is 6.25. The Morgan fingerprint density at radius 2 is 1.67 bits per heavy atom. The quantitative estimate of drug-likeness (QED) is 0.725. The van der Waals surface area contributed by atoms with Crippen LogP contribution in [-0.4, -0.2) is 62.3 Å². The molecule has 0 atom stereocenters. The van der Waals surface area contributed by atoms with Crippen molar-refractivity contribution in [3.63, 3.8) is 0 Å². The summed E-state index contributed by atoms with van der Waals surface area (Å²) in [6, 6.07) is 7.78. The van der Waals surface area contributed by atoms with Crippen molar-refractivity contribution in [1.82, 2.24) is 13.9 Å². The van der Waals surface area contributed by atoms with Gasteiger partial charge < -0.3 is 10.1 Å². The SMILES string of the molecule is O=C1COc2ccccc2C/C=C/CC2(CCN(S(=O)(=O)N3CCCC3)CC2)CN1. The third-order valence-corrected chi connectivity index (χ3v) is 8.58. The fraction of sp³-hybridized carbons (Fsp3) is 0.591. The number of hydrogen-bond donors (Lipinski definition) is 1. The summed E-state index contributed by atoms with van der Waals surface area (Å²) in [4.78, 5) is 12.4. The molecule has 3 heterocycles. The normalized spacial score (nSPS) is 24.9. The monoisotopic (exact) mass is 433 g/mol. The van der Waals surface area contributed by atoms with Gasteiger partial charge in [0.1, 0.15) is 5.75 Å².